The van der Waals surface area contributed by atoms with Crippen LogP contribution in [0.4, 0.5) is 0 Å². The molecule has 2 aromatic heterocycles. The number of para-hydroxylation sites is 2. The van der Waals surface area contributed by atoms with Crippen molar-refractivity contribution in [3.8, 4) is 22.2 Å². The van der Waals surface area contributed by atoms with Crippen LogP contribution in [0.25, 0.3) is 21.6 Å². The van der Waals surface area contributed by atoms with Crippen molar-refractivity contribution in [2.45, 2.75) is 11.6 Å². The van der Waals surface area contributed by atoms with E-state index in [1.165, 1.54) is 11.8 Å². The number of methoxy groups -OCH3 is 2. The van der Waals surface area contributed by atoms with Crippen LogP contribution in [0.15, 0.2) is 65.0 Å². The monoisotopic (exact) mass is 465 g/mol. The Morgan fingerprint density at radius 3 is 2.62 bits per heavy atom. The molecular weight excluding hydrogens is 442 g/mol. The summed E-state index contributed by atoms with van der Waals surface area (Å²) in [5.41, 5.74) is 1.76. The van der Waals surface area contributed by atoms with Crippen LogP contribution in [0.2, 0.25) is 0 Å². The second-order valence-electron chi connectivity index (χ2n) is 7.04. The molecule has 0 aliphatic rings. The standard InChI is InChI=1S/C24H23N3O3S2/c1-27(14-16-8-6-11-19(29-2)22(16)30-3)21(28)15-32-24-17-9-4-5-10-18(17)25-23(26-24)20-12-7-13-31-20/h4-13H,14-15H2,1-3H3. The van der Waals surface area contributed by atoms with Crippen LogP contribution in [-0.4, -0.2) is 47.8 Å². The highest BCUT2D eigenvalue weighted by Crippen LogP contribution is 2.32. The Labute approximate surface area is 195 Å². The fourth-order valence-corrected chi connectivity index (χ4v) is 4.95. The molecule has 0 aliphatic carbocycles. The lowest BCUT2D eigenvalue weighted by Crippen LogP contribution is -2.28. The molecule has 0 spiro atoms. The van der Waals surface area contributed by atoms with E-state index in [9.17, 15) is 4.79 Å². The molecule has 0 fully saturated rings. The molecule has 2 aromatic carbocycles. The predicted molar refractivity (Wildman–Crippen MR) is 130 cm³/mol. The molecule has 4 aromatic rings. The normalized spacial score (nSPS) is 10.8. The average Bonchev–Trinajstić information content (AvgIpc) is 3.37. The number of carbonyl (C=O) groups excluding carboxylic acids is 1. The maximum atomic E-state index is 12.9. The Morgan fingerprint density at radius 2 is 1.88 bits per heavy atom. The van der Waals surface area contributed by atoms with Gasteiger partial charge in [0.05, 0.1) is 30.4 Å². The number of aromatic nitrogens is 2. The second-order valence-corrected chi connectivity index (χ2v) is 8.95. The third-order valence-electron chi connectivity index (χ3n) is 4.96. The van der Waals surface area contributed by atoms with Gasteiger partial charge in [-0.05, 0) is 23.6 Å². The van der Waals surface area contributed by atoms with E-state index in [-0.39, 0.29) is 11.7 Å². The number of thiophene rings is 1. The number of rotatable bonds is 8. The van der Waals surface area contributed by atoms with Gasteiger partial charge in [0, 0.05) is 24.5 Å². The molecule has 1 amide bonds. The first kappa shape index (κ1) is 22.1. The summed E-state index contributed by atoms with van der Waals surface area (Å²) >= 11 is 3.03. The first-order chi connectivity index (χ1) is 15.6. The summed E-state index contributed by atoms with van der Waals surface area (Å²) in [6.07, 6.45) is 0. The van der Waals surface area contributed by atoms with E-state index in [4.69, 9.17) is 19.4 Å². The molecule has 0 N–H and O–H groups in total. The van der Waals surface area contributed by atoms with Crippen molar-refractivity contribution < 1.29 is 14.3 Å². The molecule has 0 bridgehead atoms. The Morgan fingerprint density at radius 1 is 1.03 bits per heavy atom. The zero-order chi connectivity index (χ0) is 22.5. The van der Waals surface area contributed by atoms with Crippen LogP contribution in [-0.2, 0) is 11.3 Å². The highest BCUT2D eigenvalue weighted by atomic mass is 32.2. The number of hydrogen-bond donors (Lipinski definition) is 0. The molecule has 0 atom stereocenters. The lowest BCUT2D eigenvalue weighted by Gasteiger charge is -2.20. The van der Waals surface area contributed by atoms with Gasteiger partial charge in [-0.1, -0.05) is 48.2 Å². The van der Waals surface area contributed by atoms with Crippen LogP contribution in [0.1, 0.15) is 5.56 Å². The Kier molecular flexibility index (Phi) is 6.92. The summed E-state index contributed by atoms with van der Waals surface area (Å²) in [5.74, 6) is 2.25. The van der Waals surface area contributed by atoms with E-state index in [1.807, 2.05) is 60.0 Å². The van der Waals surface area contributed by atoms with Crippen molar-refractivity contribution >= 4 is 39.9 Å². The van der Waals surface area contributed by atoms with E-state index in [2.05, 4.69) is 0 Å². The first-order valence-electron chi connectivity index (χ1n) is 9.98. The summed E-state index contributed by atoms with van der Waals surface area (Å²) in [5, 5.41) is 3.76. The molecule has 164 valence electrons. The highest BCUT2D eigenvalue weighted by molar-refractivity contribution is 8.00. The fourth-order valence-electron chi connectivity index (χ4n) is 3.34. The molecule has 32 heavy (non-hydrogen) atoms. The SMILES string of the molecule is COc1cccc(CN(C)C(=O)CSc2nc(-c3cccs3)nc3ccccc23)c1OC. The number of carbonyl (C=O) groups is 1. The van der Waals surface area contributed by atoms with E-state index in [1.54, 1.807) is 37.5 Å². The quantitative estimate of drug-likeness (QED) is 0.266. The Balaban J connectivity index is 1.52. The molecular formula is C24H23N3O3S2. The lowest BCUT2D eigenvalue weighted by molar-refractivity contribution is -0.127. The van der Waals surface area contributed by atoms with Gasteiger partial charge < -0.3 is 14.4 Å². The van der Waals surface area contributed by atoms with E-state index in [0.29, 0.717) is 23.9 Å². The zero-order valence-corrected chi connectivity index (χ0v) is 19.7. The first-order valence-corrected chi connectivity index (χ1v) is 11.8. The van der Waals surface area contributed by atoms with Crippen LogP contribution >= 0.6 is 23.1 Å². The summed E-state index contributed by atoms with van der Waals surface area (Å²) in [7, 11) is 4.99. The third-order valence-corrected chi connectivity index (χ3v) is 6.80. The number of hydrogen-bond acceptors (Lipinski definition) is 7. The van der Waals surface area contributed by atoms with Gasteiger partial charge in [-0.15, -0.1) is 11.3 Å². The van der Waals surface area contributed by atoms with Crippen LogP contribution < -0.4 is 9.47 Å². The van der Waals surface area contributed by atoms with Gasteiger partial charge in [-0.3, -0.25) is 4.79 Å². The van der Waals surface area contributed by atoms with Gasteiger partial charge >= 0.3 is 0 Å². The van der Waals surface area contributed by atoms with Crippen molar-refractivity contribution in [3.05, 3.63) is 65.5 Å². The van der Waals surface area contributed by atoms with Gasteiger partial charge in [-0.2, -0.15) is 0 Å². The number of thioether (sulfide) groups is 1. The fraction of sp³-hybridized carbons (Fsp3) is 0.208. The minimum absolute atomic E-state index is 0.000222. The third kappa shape index (κ3) is 4.71. The molecule has 0 unspecified atom stereocenters. The molecule has 8 heteroatoms. The van der Waals surface area contributed by atoms with Gasteiger partial charge in [0.2, 0.25) is 5.91 Å². The number of ether oxygens (including phenoxy) is 2. The number of fused-ring (bicyclic) bond motifs is 1. The van der Waals surface area contributed by atoms with Crippen molar-refractivity contribution in [1.29, 1.82) is 0 Å². The molecule has 4 rings (SSSR count). The maximum Gasteiger partial charge on any atom is 0.233 e. The molecule has 2 heterocycles. The van der Waals surface area contributed by atoms with E-state index >= 15 is 0 Å². The number of nitrogens with zero attached hydrogens (tertiary/aromatic N) is 3. The Hall–Kier alpha value is -3.10. The molecule has 0 aliphatic heterocycles. The van der Waals surface area contributed by atoms with Crippen LogP contribution in [0.3, 0.4) is 0 Å². The van der Waals surface area contributed by atoms with Gasteiger partial charge in [-0.25, -0.2) is 9.97 Å². The average molecular weight is 466 g/mol. The number of amides is 1. The minimum atomic E-state index is 0.000222. The van der Waals surface area contributed by atoms with Crippen LogP contribution in [0, 0.1) is 0 Å². The molecule has 6 nitrogen and oxygen atoms in total. The summed E-state index contributed by atoms with van der Waals surface area (Å²) in [6.45, 7) is 0.421. The van der Waals surface area contributed by atoms with E-state index in [0.717, 1.165) is 26.4 Å². The van der Waals surface area contributed by atoms with Crippen molar-refractivity contribution in [2.24, 2.45) is 0 Å². The van der Waals surface area contributed by atoms with Crippen molar-refractivity contribution in [3.63, 3.8) is 0 Å². The maximum absolute atomic E-state index is 12.9. The molecule has 0 saturated carbocycles. The smallest absolute Gasteiger partial charge is 0.233 e. The van der Waals surface area contributed by atoms with Gasteiger partial charge in [0.25, 0.3) is 0 Å². The topological polar surface area (TPSA) is 64.5 Å². The summed E-state index contributed by atoms with van der Waals surface area (Å²) in [6, 6.07) is 17.5. The second kappa shape index (κ2) is 10.0. The van der Waals surface area contributed by atoms with Crippen molar-refractivity contribution in [1.82, 2.24) is 14.9 Å². The van der Waals surface area contributed by atoms with Crippen LogP contribution in [0.5, 0.6) is 11.5 Å². The predicted octanol–water partition coefficient (Wildman–Crippen LogP) is 5.13. The summed E-state index contributed by atoms with van der Waals surface area (Å²) in [4.78, 5) is 25.1. The van der Waals surface area contributed by atoms with Crippen molar-refractivity contribution in [2.75, 3.05) is 27.0 Å². The highest BCUT2D eigenvalue weighted by Gasteiger charge is 2.17. The Bertz CT molecular complexity index is 1230. The lowest BCUT2D eigenvalue weighted by atomic mass is 10.1. The van der Waals surface area contributed by atoms with Gasteiger partial charge in [0.1, 0.15) is 5.03 Å². The zero-order valence-electron chi connectivity index (χ0n) is 18.1. The minimum Gasteiger partial charge on any atom is -0.493 e. The van der Waals surface area contributed by atoms with E-state index < -0.39 is 0 Å². The van der Waals surface area contributed by atoms with Gasteiger partial charge in [0.15, 0.2) is 17.3 Å². The molecule has 0 radical (unpaired) electrons. The number of benzene rings is 2. The largest absolute Gasteiger partial charge is 0.493 e. The molecule has 0 saturated heterocycles. The summed E-state index contributed by atoms with van der Waals surface area (Å²) < 4.78 is 10.9.